The summed E-state index contributed by atoms with van der Waals surface area (Å²) in [5, 5.41) is 7.92. The van der Waals surface area contributed by atoms with Gasteiger partial charge < -0.3 is 14.3 Å². The average Bonchev–Trinajstić information content (AvgIpc) is 3.18. The van der Waals surface area contributed by atoms with E-state index >= 15 is 0 Å². The molecule has 0 aliphatic heterocycles. The molecule has 0 radical (unpaired) electrons. The molecule has 6 nitrogen and oxygen atoms in total. The molecule has 0 amide bonds. The van der Waals surface area contributed by atoms with Gasteiger partial charge in [-0.05, 0) is 26.1 Å². The van der Waals surface area contributed by atoms with Gasteiger partial charge in [0.2, 0.25) is 0 Å². The van der Waals surface area contributed by atoms with Crippen LogP contribution in [0.2, 0.25) is 0 Å². The number of hydrogen-bond donors (Lipinski definition) is 1. The van der Waals surface area contributed by atoms with Gasteiger partial charge in [-0.25, -0.2) is 4.98 Å². The van der Waals surface area contributed by atoms with Crippen LogP contribution in [0.4, 0.5) is 0 Å². The molecular weight excluding hydrogens is 312 g/mol. The Morgan fingerprint density at radius 3 is 3.00 bits per heavy atom. The molecule has 8 heteroatoms. The van der Waals surface area contributed by atoms with Crippen molar-refractivity contribution >= 4 is 23.7 Å². The summed E-state index contributed by atoms with van der Waals surface area (Å²) in [7, 11) is 1.91. The minimum Gasteiger partial charge on any atom is -0.462 e. The van der Waals surface area contributed by atoms with E-state index in [0.29, 0.717) is 17.8 Å². The standard InChI is InChI=1S/C13H14N4O2S.ClH/c1-8(14-2)6-11-16-12(19-17-11)10-7-15-13(20-10)9-4-3-5-18-9;/h3-5,7-8,14H,6H2,1-2H3;1H. The van der Waals surface area contributed by atoms with Crippen molar-refractivity contribution in [3.05, 3.63) is 30.4 Å². The SMILES string of the molecule is CNC(C)Cc1noc(-c2cnc(-c3ccco3)s2)n1.Cl. The van der Waals surface area contributed by atoms with E-state index in [1.807, 2.05) is 19.2 Å². The van der Waals surface area contributed by atoms with Crippen LogP contribution in [0.3, 0.4) is 0 Å². The maximum Gasteiger partial charge on any atom is 0.269 e. The Morgan fingerprint density at radius 1 is 1.43 bits per heavy atom. The smallest absolute Gasteiger partial charge is 0.269 e. The van der Waals surface area contributed by atoms with E-state index in [4.69, 9.17) is 8.94 Å². The van der Waals surface area contributed by atoms with Crippen LogP contribution < -0.4 is 5.32 Å². The highest BCUT2D eigenvalue weighted by Gasteiger charge is 2.15. The molecule has 3 aromatic rings. The first-order valence-electron chi connectivity index (χ1n) is 6.26. The van der Waals surface area contributed by atoms with E-state index in [0.717, 1.165) is 22.1 Å². The van der Waals surface area contributed by atoms with Crippen LogP contribution in [0, 0.1) is 0 Å². The molecule has 0 fully saturated rings. The molecule has 0 saturated carbocycles. The van der Waals surface area contributed by atoms with Crippen LogP contribution >= 0.6 is 23.7 Å². The molecule has 3 aromatic heterocycles. The van der Waals surface area contributed by atoms with Crippen LogP contribution in [0.25, 0.3) is 21.5 Å². The Kier molecular flexibility index (Phi) is 5.11. The van der Waals surface area contributed by atoms with Crippen molar-refractivity contribution in [3.63, 3.8) is 0 Å². The molecule has 3 rings (SSSR count). The lowest BCUT2D eigenvalue weighted by Gasteiger charge is -2.04. The van der Waals surface area contributed by atoms with Gasteiger partial charge in [0.05, 0.1) is 12.5 Å². The van der Waals surface area contributed by atoms with Gasteiger partial charge in [0, 0.05) is 12.5 Å². The van der Waals surface area contributed by atoms with Crippen LogP contribution in [-0.4, -0.2) is 28.2 Å². The van der Waals surface area contributed by atoms with Gasteiger partial charge in [-0.3, -0.25) is 0 Å². The summed E-state index contributed by atoms with van der Waals surface area (Å²) in [6.45, 7) is 2.07. The predicted molar refractivity (Wildman–Crippen MR) is 82.6 cm³/mol. The van der Waals surface area contributed by atoms with Gasteiger partial charge in [-0.1, -0.05) is 5.16 Å². The Morgan fingerprint density at radius 2 is 2.29 bits per heavy atom. The molecule has 1 unspecified atom stereocenters. The lowest BCUT2D eigenvalue weighted by molar-refractivity contribution is 0.419. The van der Waals surface area contributed by atoms with Gasteiger partial charge in [0.1, 0.15) is 4.88 Å². The van der Waals surface area contributed by atoms with Gasteiger partial charge in [-0.2, -0.15) is 4.98 Å². The summed E-state index contributed by atoms with van der Waals surface area (Å²) < 4.78 is 10.6. The number of nitrogens with one attached hydrogen (secondary N) is 1. The monoisotopic (exact) mass is 326 g/mol. The van der Waals surface area contributed by atoms with Crippen molar-refractivity contribution in [1.29, 1.82) is 0 Å². The first-order valence-corrected chi connectivity index (χ1v) is 7.08. The molecule has 0 aliphatic carbocycles. The minimum absolute atomic E-state index is 0. The van der Waals surface area contributed by atoms with Gasteiger partial charge in [0.25, 0.3) is 5.89 Å². The van der Waals surface area contributed by atoms with Crippen molar-refractivity contribution in [2.24, 2.45) is 0 Å². The Bertz CT molecular complexity index is 680. The quantitative estimate of drug-likeness (QED) is 0.776. The summed E-state index contributed by atoms with van der Waals surface area (Å²) in [5.41, 5.74) is 0. The van der Waals surface area contributed by atoms with Crippen molar-refractivity contribution in [3.8, 4) is 21.5 Å². The van der Waals surface area contributed by atoms with Crippen molar-refractivity contribution in [2.45, 2.75) is 19.4 Å². The molecule has 0 bridgehead atoms. The zero-order valence-corrected chi connectivity index (χ0v) is 13.2. The average molecular weight is 327 g/mol. The number of thiazole rings is 1. The van der Waals surface area contributed by atoms with E-state index in [1.165, 1.54) is 11.3 Å². The Hall–Kier alpha value is -1.70. The van der Waals surface area contributed by atoms with Crippen molar-refractivity contribution in [1.82, 2.24) is 20.4 Å². The predicted octanol–water partition coefficient (Wildman–Crippen LogP) is 3.03. The summed E-state index contributed by atoms with van der Waals surface area (Å²) >= 11 is 1.46. The summed E-state index contributed by atoms with van der Waals surface area (Å²) in [4.78, 5) is 9.53. The second kappa shape index (κ2) is 6.84. The summed E-state index contributed by atoms with van der Waals surface area (Å²) in [5.74, 6) is 1.93. The third-order valence-electron chi connectivity index (χ3n) is 2.90. The zero-order valence-electron chi connectivity index (χ0n) is 11.6. The minimum atomic E-state index is 0. The molecular formula is C13H15ClN4O2S. The molecule has 1 N–H and O–H groups in total. The number of nitrogens with zero attached hydrogens (tertiary/aromatic N) is 3. The molecule has 0 saturated heterocycles. The fourth-order valence-corrected chi connectivity index (χ4v) is 2.51. The van der Waals surface area contributed by atoms with Crippen molar-refractivity contribution in [2.75, 3.05) is 7.05 Å². The third-order valence-corrected chi connectivity index (χ3v) is 3.90. The number of likely N-dealkylation sites (N-methyl/N-ethyl adjacent to an activating group) is 1. The number of aromatic nitrogens is 3. The first kappa shape index (κ1) is 15.7. The Balaban J connectivity index is 0.00000161. The Labute approximate surface area is 132 Å². The molecule has 3 heterocycles. The molecule has 0 spiro atoms. The van der Waals surface area contributed by atoms with Crippen molar-refractivity contribution < 1.29 is 8.94 Å². The zero-order chi connectivity index (χ0) is 13.9. The van der Waals surface area contributed by atoms with Crippen LogP contribution in [-0.2, 0) is 6.42 Å². The van der Waals surface area contributed by atoms with E-state index in [9.17, 15) is 0 Å². The lowest BCUT2D eigenvalue weighted by Crippen LogP contribution is -2.24. The molecule has 21 heavy (non-hydrogen) atoms. The highest BCUT2D eigenvalue weighted by Crippen LogP contribution is 2.31. The van der Waals surface area contributed by atoms with Gasteiger partial charge in [0.15, 0.2) is 16.6 Å². The highest BCUT2D eigenvalue weighted by molar-refractivity contribution is 7.18. The second-order valence-corrected chi connectivity index (χ2v) is 5.45. The van der Waals surface area contributed by atoms with E-state index in [-0.39, 0.29) is 12.4 Å². The van der Waals surface area contributed by atoms with Crippen LogP contribution in [0.1, 0.15) is 12.7 Å². The summed E-state index contributed by atoms with van der Waals surface area (Å²) in [6.07, 6.45) is 4.07. The topological polar surface area (TPSA) is 77.0 Å². The second-order valence-electron chi connectivity index (χ2n) is 4.42. The van der Waals surface area contributed by atoms with Gasteiger partial charge in [-0.15, -0.1) is 23.7 Å². The third kappa shape index (κ3) is 3.49. The van der Waals surface area contributed by atoms with Gasteiger partial charge >= 0.3 is 0 Å². The first-order chi connectivity index (χ1) is 9.76. The van der Waals surface area contributed by atoms with E-state index in [2.05, 4.69) is 27.4 Å². The highest BCUT2D eigenvalue weighted by atomic mass is 35.5. The lowest BCUT2D eigenvalue weighted by atomic mass is 10.2. The number of halogens is 1. The number of furan rings is 1. The maximum absolute atomic E-state index is 5.31. The largest absolute Gasteiger partial charge is 0.462 e. The van der Waals surface area contributed by atoms with E-state index < -0.39 is 0 Å². The summed E-state index contributed by atoms with van der Waals surface area (Å²) in [6, 6.07) is 4.01. The molecule has 0 aromatic carbocycles. The van der Waals surface area contributed by atoms with E-state index in [1.54, 1.807) is 12.5 Å². The number of hydrogen-bond acceptors (Lipinski definition) is 7. The fraction of sp³-hybridized carbons (Fsp3) is 0.308. The molecule has 112 valence electrons. The van der Waals surface area contributed by atoms with Crippen LogP contribution in [0.15, 0.2) is 33.5 Å². The molecule has 0 aliphatic rings. The molecule has 1 atom stereocenters. The normalized spacial score (nSPS) is 12.1. The fourth-order valence-electron chi connectivity index (χ4n) is 1.70. The maximum atomic E-state index is 5.31. The number of rotatable bonds is 5. The van der Waals surface area contributed by atoms with Crippen LogP contribution in [0.5, 0.6) is 0 Å².